The van der Waals surface area contributed by atoms with Crippen LogP contribution in [0, 0.1) is 5.41 Å². The van der Waals surface area contributed by atoms with E-state index in [1.54, 1.807) is 0 Å². The van der Waals surface area contributed by atoms with Crippen molar-refractivity contribution >= 4 is 5.97 Å². The van der Waals surface area contributed by atoms with Gasteiger partial charge >= 0.3 is 5.97 Å². The van der Waals surface area contributed by atoms with Crippen LogP contribution in [0.2, 0.25) is 0 Å². The molecule has 0 unspecified atom stereocenters. The van der Waals surface area contributed by atoms with E-state index in [1.165, 1.54) is 11.1 Å². The lowest BCUT2D eigenvalue weighted by atomic mass is 9.93. The van der Waals surface area contributed by atoms with Gasteiger partial charge in [-0.15, -0.1) is 0 Å². The number of carbonyl (C=O) groups is 1. The normalized spacial score (nSPS) is 17.0. The van der Waals surface area contributed by atoms with E-state index in [9.17, 15) is 9.90 Å². The van der Waals surface area contributed by atoms with E-state index in [1.807, 2.05) is 18.2 Å². The average molecular weight is 295 g/mol. The van der Waals surface area contributed by atoms with E-state index < -0.39 is 11.4 Å². The van der Waals surface area contributed by atoms with Crippen molar-refractivity contribution in [1.29, 1.82) is 0 Å². The van der Waals surface area contributed by atoms with Gasteiger partial charge in [-0.05, 0) is 42.4 Å². The maximum absolute atomic E-state index is 11.2. The van der Waals surface area contributed by atoms with Gasteiger partial charge in [0.15, 0.2) is 0 Å². The summed E-state index contributed by atoms with van der Waals surface area (Å²) < 4.78 is 0. The van der Waals surface area contributed by atoms with Crippen LogP contribution in [0.25, 0.3) is 11.1 Å². The summed E-state index contributed by atoms with van der Waals surface area (Å²) in [5, 5.41) is 9.23. The number of aliphatic carboxylic acids is 1. The Balaban J connectivity index is 1.63. The summed E-state index contributed by atoms with van der Waals surface area (Å²) in [5.74, 6) is -0.692. The van der Waals surface area contributed by atoms with Crippen LogP contribution in [0.15, 0.2) is 54.6 Å². The molecule has 114 valence electrons. The first-order chi connectivity index (χ1) is 10.6. The fourth-order valence-electron chi connectivity index (χ4n) is 3.00. The molecule has 2 aromatic carbocycles. The largest absolute Gasteiger partial charge is 0.481 e. The quantitative estimate of drug-likeness (QED) is 0.857. The van der Waals surface area contributed by atoms with Crippen LogP contribution in [-0.2, 0) is 11.2 Å². The van der Waals surface area contributed by atoms with Crippen molar-refractivity contribution in [3.63, 3.8) is 0 Å². The molecule has 1 atom stereocenters. The van der Waals surface area contributed by atoms with Crippen molar-refractivity contribution in [2.75, 3.05) is 0 Å². The third-order valence-electron chi connectivity index (χ3n) is 4.52. The lowest BCUT2D eigenvalue weighted by Crippen LogP contribution is -2.30. The minimum Gasteiger partial charge on any atom is -0.481 e. The highest BCUT2D eigenvalue weighted by Gasteiger charge is 2.50. The molecule has 0 spiro atoms. The van der Waals surface area contributed by atoms with Gasteiger partial charge in [0.05, 0.1) is 5.41 Å². The zero-order valence-electron chi connectivity index (χ0n) is 12.5. The maximum atomic E-state index is 11.2. The van der Waals surface area contributed by atoms with E-state index in [-0.39, 0.29) is 6.04 Å². The van der Waals surface area contributed by atoms with Gasteiger partial charge in [0.1, 0.15) is 0 Å². The summed E-state index contributed by atoms with van der Waals surface area (Å²) in [4.78, 5) is 11.2. The molecule has 0 aliphatic heterocycles. The van der Waals surface area contributed by atoms with Crippen LogP contribution in [0.5, 0.6) is 0 Å². The van der Waals surface area contributed by atoms with E-state index in [0.29, 0.717) is 6.42 Å². The summed E-state index contributed by atoms with van der Waals surface area (Å²) in [6.07, 6.45) is 2.83. The molecular formula is C19H21NO2. The highest BCUT2D eigenvalue weighted by molar-refractivity contribution is 5.77. The molecule has 3 heteroatoms. The molecule has 0 radical (unpaired) electrons. The lowest BCUT2D eigenvalue weighted by Gasteiger charge is -2.16. The number of hydrogen-bond acceptors (Lipinski definition) is 2. The Morgan fingerprint density at radius 2 is 1.64 bits per heavy atom. The number of hydrogen-bond donors (Lipinski definition) is 2. The van der Waals surface area contributed by atoms with Gasteiger partial charge in [-0.1, -0.05) is 54.6 Å². The fourth-order valence-corrected chi connectivity index (χ4v) is 3.00. The second kappa shape index (κ2) is 5.93. The van der Waals surface area contributed by atoms with Gasteiger partial charge in [-0.3, -0.25) is 4.79 Å². The topological polar surface area (TPSA) is 63.3 Å². The fraction of sp³-hybridized carbons (Fsp3) is 0.316. The van der Waals surface area contributed by atoms with Gasteiger partial charge in [0.25, 0.3) is 0 Å². The van der Waals surface area contributed by atoms with E-state index in [4.69, 9.17) is 5.73 Å². The highest BCUT2D eigenvalue weighted by atomic mass is 16.4. The average Bonchev–Trinajstić information content (AvgIpc) is 3.30. The van der Waals surface area contributed by atoms with Crippen LogP contribution in [0.1, 0.15) is 24.8 Å². The maximum Gasteiger partial charge on any atom is 0.309 e. The molecular weight excluding hydrogens is 274 g/mol. The van der Waals surface area contributed by atoms with Crippen molar-refractivity contribution in [2.45, 2.75) is 31.7 Å². The molecule has 0 saturated heterocycles. The van der Waals surface area contributed by atoms with Crippen LogP contribution in [-0.4, -0.2) is 17.1 Å². The molecule has 0 bridgehead atoms. The summed E-state index contributed by atoms with van der Waals surface area (Å²) in [6, 6.07) is 18.5. The predicted octanol–water partition coefficient (Wildman–Crippen LogP) is 3.48. The zero-order chi connectivity index (χ0) is 15.6. The Hall–Kier alpha value is -2.13. The van der Waals surface area contributed by atoms with Crippen LogP contribution in [0.4, 0.5) is 0 Å². The summed E-state index contributed by atoms with van der Waals surface area (Å²) in [7, 11) is 0. The molecule has 3 N–H and O–H groups in total. The minimum atomic E-state index is -0.692. The number of carboxylic acids is 1. The Labute approximate surface area is 130 Å². The molecule has 3 rings (SSSR count). The standard InChI is InChI=1S/C19H21NO2/c20-17(13-19(10-11-19)18(21)22)12-14-6-8-16(9-7-14)15-4-2-1-3-5-15/h1-9,17H,10-13,20H2,(H,21,22)/t17-/m1/s1. The smallest absolute Gasteiger partial charge is 0.309 e. The Morgan fingerprint density at radius 1 is 1.05 bits per heavy atom. The van der Waals surface area contributed by atoms with Crippen molar-refractivity contribution in [1.82, 2.24) is 0 Å². The molecule has 1 aliphatic carbocycles. The van der Waals surface area contributed by atoms with Gasteiger partial charge < -0.3 is 10.8 Å². The number of carboxylic acid groups (broad SMARTS) is 1. The molecule has 1 saturated carbocycles. The molecule has 0 aromatic heterocycles. The van der Waals surface area contributed by atoms with Crippen molar-refractivity contribution in [2.24, 2.45) is 11.1 Å². The van der Waals surface area contributed by atoms with Crippen molar-refractivity contribution in [3.05, 3.63) is 60.2 Å². The van der Waals surface area contributed by atoms with E-state index in [2.05, 4.69) is 36.4 Å². The first-order valence-electron chi connectivity index (χ1n) is 7.72. The van der Waals surface area contributed by atoms with Crippen LogP contribution in [0.3, 0.4) is 0 Å². The summed E-state index contributed by atoms with van der Waals surface area (Å²) in [5.41, 5.74) is 9.16. The molecule has 0 heterocycles. The van der Waals surface area contributed by atoms with Crippen LogP contribution >= 0.6 is 0 Å². The molecule has 1 fully saturated rings. The summed E-state index contributed by atoms with van der Waals surface area (Å²) in [6.45, 7) is 0. The Morgan fingerprint density at radius 3 is 2.18 bits per heavy atom. The molecule has 2 aromatic rings. The van der Waals surface area contributed by atoms with E-state index in [0.717, 1.165) is 24.8 Å². The first-order valence-corrected chi connectivity index (χ1v) is 7.72. The second-order valence-electron chi connectivity index (χ2n) is 6.32. The SMILES string of the molecule is N[C@H](Cc1ccc(-c2ccccc2)cc1)CC1(C(=O)O)CC1. The van der Waals surface area contributed by atoms with Crippen molar-refractivity contribution in [3.8, 4) is 11.1 Å². The zero-order valence-corrected chi connectivity index (χ0v) is 12.5. The van der Waals surface area contributed by atoms with Gasteiger partial charge in [-0.2, -0.15) is 0 Å². The first kappa shape index (κ1) is 14.8. The molecule has 22 heavy (non-hydrogen) atoms. The predicted molar refractivity (Wildman–Crippen MR) is 87.5 cm³/mol. The molecule has 3 nitrogen and oxygen atoms in total. The third-order valence-corrected chi connectivity index (χ3v) is 4.52. The van der Waals surface area contributed by atoms with Gasteiger partial charge in [0.2, 0.25) is 0 Å². The van der Waals surface area contributed by atoms with Crippen LogP contribution < -0.4 is 5.73 Å². The van der Waals surface area contributed by atoms with Gasteiger partial charge in [0, 0.05) is 6.04 Å². The molecule has 1 aliphatic rings. The monoisotopic (exact) mass is 295 g/mol. The van der Waals surface area contributed by atoms with Gasteiger partial charge in [-0.25, -0.2) is 0 Å². The Bertz CT molecular complexity index is 645. The number of nitrogens with two attached hydrogens (primary N) is 1. The second-order valence-corrected chi connectivity index (χ2v) is 6.32. The lowest BCUT2D eigenvalue weighted by molar-refractivity contribution is -0.143. The van der Waals surface area contributed by atoms with Crippen molar-refractivity contribution < 1.29 is 9.90 Å². The molecule has 0 amide bonds. The highest BCUT2D eigenvalue weighted by Crippen LogP contribution is 2.49. The number of benzene rings is 2. The number of rotatable bonds is 6. The minimum absolute atomic E-state index is 0.0961. The Kier molecular flexibility index (Phi) is 3.99. The summed E-state index contributed by atoms with van der Waals surface area (Å²) >= 11 is 0. The van der Waals surface area contributed by atoms with E-state index >= 15 is 0 Å². The third kappa shape index (κ3) is 3.20.